The zero-order valence-electron chi connectivity index (χ0n) is 46.9. The molecule has 0 fully saturated rings. The number of nitrogens with one attached hydrogen (secondary N) is 4. The maximum atomic E-state index is 7.74. The Kier molecular flexibility index (Phi) is 33.0. The minimum Gasteiger partial charge on any atom is -0.370 e. The van der Waals surface area contributed by atoms with Crippen molar-refractivity contribution in [1.82, 2.24) is 14.7 Å². The van der Waals surface area contributed by atoms with E-state index < -0.39 is 0 Å². The second kappa shape index (κ2) is 38.3. The number of guanidine groups is 12. The van der Waals surface area contributed by atoms with E-state index in [1.54, 1.807) is 128 Å². The van der Waals surface area contributed by atoms with E-state index in [9.17, 15) is 0 Å². The smallest absolute Gasteiger partial charge is 0.227 e. The third kappa shape index (κ3) is 28.0. The summed E-state index contributed by atoms with van der Waals surface area (Å²) in [5, 5.41) is 48.1. The van der Waals surface area contributed by atoms with Crippen LogP contribution in [-0.2, 0) is 0 Å². The van der Waals surface area contributed by atoms with Crippen molar-refractivity contribution >= 4 is 174 Å². The zero-order chi connectivity index (χ0) is 61.9. The number of anilines is 4. The number of hydrogen-bond acceptors (Lipinski definition) is 14. The maximum Gasteiger partial charge on any atom is 0.227 e. The molecule has 6 aromatic rings. The largest absolute Gasteiger partial charge is 0.370 e. The van der Waals surface area contributed by atoms with E-state index in [0.717, 1.165) is 34.1 Å². The van der Waals surface area contributed by atoms with E-state index >= 15 is 0 Å². The second-order valence-electron chi connectivity index (χ2n) is 15.4. The zero-order valence-corrected chi connectivity index (χ0v) is 51.8. The average Bonchev–Trinajstić information content (AvgIpc) is 4.30. The van der Waals surface area contributed by atoms with Crippen LogP contribution in [0.3, 0.4) is 0 Å². The fourth-order valence-electron chi connectivity index (χ4n) is 4.72. The van der Waals surface area contributed by atoms with Gasteiger partial charge in [0.25, 0.3) is 0 Å². The molecule has 0 bridgehead atoms. The standard InChI is InChI=1S/4C8H13N5S.2C7H11N5S/c1-13(2)8(10)12-7(9)11-6-3-4-14-5-6;1-11-7(9)12-8(10)13(2)6-3-4-14-5-6;1-12(6-3-4-14-5-6)8(11)13(2)7(9)10;1-11-8(12-7(9)10)13(2)6-3-4-14-5-6;1-10-6(8)12-7(9)11-5-2-3-13-4-5;1-12(6(8)9)7(10)11-5-2-3-13-4-5/h2*3-5H,1-2H3,(H4,9,10,11,12);3-5,11H,1-2H3,(H3,9,10);3-5H,1-2H3,(H4,9,10,11,12);2-4H,1H3,(H5,8,9,10,11,12);2-4H,1H3,(H3,8,9)(H2,10,11). The maximum absolute atomic E-state index is 7.74. The Bertz CT molecular complexity index is 3040. The van der Waals surface area contributed by atoms with Crippen LogP contribution in [0.5, 0.6) is 0 Å². The first kappa shape index (κ1) is 70.7. The van der Waals surface area contributed by atoms with Crippen molar-refractivity contribution in [2.45, 2.75) is 0 Å². The second-order valence-corrected chi connectivity index (χ2v) is 20.1. The van der Waals surface area contributed by atoms with Crippen LogP contribution < -0.4 is 83.1 Å². The minimum absolute atomic E-state index is 0.00711. The van der Waals surface area contributed by atoms with E-state index in [1.165, 1.54) is 21.1 Å². The molecule has 0 aliphatic rings. The fraction of sp³-hybridized carbons (Fsp3) is 0.217. The third-order valence-corrected chi connectivity index (χ3v) is 13.4. The number of thiophene rings is 6. The molecule has 0 atom stereocenters. The van der Waals surface area contributed by atoms with E-state index in [-0.39, 0.29) is 53.6 Å². The molecule has 30 nitrogen and oxygen atoms in total. The highest BCUT2D eigenvalue weighted by atomic mass is 32.1. The number of hydrogen-bond donors (Lipinski definition) is 15. The van der Waals surface area contributed by atoms with E-state index in [2.05, 4.69) is 50.2 Å². The first-order chi connectivity index (χ1) is 38.8. The van der Waals surface area contributed by atoms with Gasteiger partial charge >= 0.3 is 0 Å². The Morgan fingerprint density at radius 3 is 1.26 bits per heavy atom. The Balaban J connectivity index is 0.000000492. The Morgan fingerprint density at radius 1 is 0.427 bits per heavy atom. The first-order valence-corrected chi connectivity index (χ1v) is 28.7. The average molecular weight is 1240 g/mol. The lowest BCUT2D eigenvalue weighted by molar-refractivity contribution is 0.615. The summed E-state index contributed by atoms with van der Waals surface area (Å²) < 4.78 is 0. The summed E-state index contributed by atoms with van der Waals surface area (Å²) in [6.45, 7) is 0. The van der Waals surface area contributed by atoms with Gasteiger partial charge in [0.1, 0.15) is 0 Å². The SMILES string of the molecule is CN(C(=N)N)C(=N)N(C)c1ccsc1.CN(C(=N)N)C(N)=Nc1ccsc1.CN(C)C(N)=NC(N)=Nc1ccsc1.CN=C(N)N=C(N)N(C)c1ccsc1.CN=C(N)N=C(N)Nc1ccsc1.CN=C(N=C(N)N)N(C)c1ccsc1. The van der Waals surface area contributed by atoms with E-state index in [4.69, 9.17) is 79.3 Å². The molecule has 0 radical (unpaired) electrons. The van der Waals surface area contributed by atoms with Crippen LogP contribution >= 0.6 is 68.0 Å². The molecule has 0 aliphatic heterocycles. The predicted octanol–water partition coefficient (Wildman–Crippen LogP) is 3.34. The van der Waals surface area contributed by atoms with Gasteiger partial charge in [0, 0.05) is 103 Å². The summed E-state index contributed by atoms with van der Waals surface area (Å²) in [4.78, 5) is 44.4. The highest BCUT2D eigenvalue weighted by Gasteiger charge is 2.14. The lowest BCUT2D eigenvalue weighted by Gasteiger charge is -2.25. The number of rotatable bonds is 6. The monoisotopic (exact) mass is 1240 g/mol. The molecule has 6 aromatic heterocycles. The molecular weight excluding hydrogens is 1170 g/mol. The van der Waals surface area contributed by atoms with E-state index in [1.807, 2.05) is 120 Å². The van der Waals surface area contributed by atoms with Gasteiger partial charge in [-0.1, -0.05) is 0 Å². The van der Waals surface area contributed by atoms with Crippen molar-refractivity contribution < 1.29 is 0 Å². The molecule has 0 unspecified atom stereocenters. The van der Waals surface area contributed by atoms with Crippen molar-refractivity contribution in [2.24, 2.45) is 108 Å². The minimum atomic E-state index is -0.142. The molecule has 6 rings (SSSR count). The van der Waals surface area contributed by atoms with Gasteiger partial charge in [-0.25, -0.2) is 9.98 Å². The molecule has 26 N–H and O–H groups in total. The molecule has 444 valence electrons. The summed E-state index contributed by atoms with van der Waals surface area (Å²) in [6.07, 6.45) is 0. The Labute approximate surface area is 501 Å². The lowest BCUT2D eigenvalue weighted by atomic mass is 10.5. The molecule has 0 spiro atoms. The van der Waals surface area contributed by atoms with Crippen molar-refractivity contribution in [1.29, 1.82) is 16.2 Å². The van der Waals surface area contributed by atoms with Crippen molar-refractivity contribution in [2.75, 3.05) is 90.5 Å². The van der Waals surface area contributed by atoms with Crippen LogP contribution in [0.15, 0.2) is 146 Å². The Morgan fingerprint density at radius 2 is 0.854 bits per heavy atom. The molecule has 0 saturated heterocycles. The van der Waals surface area contributed by atoms with Crippen LogP contribution in [0, 0.1) is 16.2 Å². The molecule has 36 heteroatoms. The third-order valence-electron chi connectivity index (χ3n) is 9.36. The number of nitrogens with zero attached hydrogens (tertiary/aromatic N) is 15. The summed E-state index contributed by atoms with van der Waals surface area (Å²) in [5.74, 6) is 2.00. The first-order valence-electron chi connectivity index (χ1n) is 23.0. The molecule has 6 heterocycles. The summed E-state index contributed by atoms with van der Waals surface area (Å²) >= 11 is 9.43. The molecule has 0 saturated carbocycles. The van der Waals surface area contributed by atoms with Crippen molar-refractivity contribution in [3.63, 3.8) is 0 Å². The van der Waals surface area contributed by atoms with Gasteiger partial charge in [-0.2, -0.15) is 88.0 Å². The normalized spacial score (nSPS) is 11.8. The lowest BCUT2D eigenvalue weighted by Crippen LogP contribution is -2.45. The van der Waals surface area contributed by atoms with Crippen LogP contribution in [0.25, 0.3) is 0 Å². The number of aliphatic imine (C=N–C) groups is 9. The molecule has 0 amide bonds. The molecule has 0 aliphatic carbocycles. The van der Waals surface area contributed by atoms with Gasteiger partial charge in [0.15, 0.2) is 23.8 Å². The van der Waals surface area contributed by atoms with Crippen LogP contribution in [-0.4, -0.2) is 157 Å². The highest BCUT2D eigenvalue weighted by Crippen LogP contribution is 2.20. The van der Waals surface area contributed by atoms with Gasteiger partial charge < -0.3 is 88.0 Å². The molecular formula is C46H74N30S6. The van der Waals surface area contributed by atoms with Gasteiger partial charge in [-0.05, 0) is 68.7 Å². The van der Waals surface area contributed by atoms with Gasteiger partial charge in [0.2, 0.25) is 47.7 Å². The molecule has 0 aromatic carbocycles. The fourth-order valence-corrected chi connectivity index (χ4v) is 8.46. The van der Waals surface area contributed by atoms with Crippen LogP contribution in [0.4, 0.5) is 34.1 Å². The quantitative estimate of drug-likeness (QED) is 0.0840. The van der Waals surface area contributed by atoms with Gasteiger partial charge in [-0.3, -0.25) is 41.0 Å². The van der Waals surface area contributed by atoms with E-state index in [0.29, 0.717) is 17.9 Å². The summed E-state index contributed by atoms with van der Waals surface area (Å²) in [7, 11) is 17.0. The van der Waals surface area contributed by atoms with Gasteiger partial charge in [0.05, 0.1) is 34.1 Å². The predicted molar refractivity (Wildman–Crippen MR) is 357 cm³/mol. The highest BCUT2D eigenvalue weighted by molar-refractivity contribution is 7.09. The van der Waals surface area contributed by atoms with Gasteiger partial charge in [-0.15, -0.1) is 0 Å². The summed E-state index contributed by atoms with van der Waals surface area (Å²) in [5.41, 5.74) is 65.1. The van der Waals surface area contributed by atoms with Crippen molar-refractivity contribution in [3.05, 3.63) is 101 Å². The van der Waals surface area contributed by atoms with Crippen LogP contribution in [0.2, 0.25) is 0 Å². The summed E-state index contributed by atoms with van der Waals surface area (Å²) in [6, 6.07) is 11.4. The van der Waals surface area contributed by atoms with Crippen molar-refractivity contribution in [3.8, 4) is 0 Å². The Hall–Kier alpha value is -9.36. The van der Waals surface area contributed by atoms with Crippen LogP contribution in [0.1, 0.15) is 0 Å². The molecule has 82 heavy (non-hydrogen) atoms. The number of nitrogens with two attached hydrogens (primary N) is 11. The topological polar surface area (TPSA) is 500 Å².